The van der Waals surface area contributed by atoms with E-state index in [0.717, 1.165) is 0 Å². The highest BCUT2D eigenvalue weighted by atomic mass is 35.5. The number of hydrogen-bond acceptors (Lipinski definition) is 3. The Kier molecular flexibility index (Phi) is 4.34. The van der Waals surface area contributed by atoms with Crippen LogP contribution in [0, 0.1) is 0 Å². The molecule has 0 aromatic rings. The third kappa shape index (κ3) is 2.51. The smallest absolute Gasteiger partial charge is 0.246 e. The average Bonchev–Trinajstić information content (AvgIpc) is 1.90. The van der Waals surface area contributed by atoms with Crippen LogP contribution in [0.1, 0.15) is 0 Å². The Labute approximate surface area is 65.5 Å². The molecule has 1 unspecified atom stereocenters. The number of nitrogens with one attached hydrogen (secondary N) is 1. The number of carbonyl (C=O) groups excluding carboxylic acids is 1. The number of rotatable bonds is 1. The molecule has 60 valence electrons. The molecule has 1 atom stereocenters. The minimum Gasteiger partial charge on any atom is -0.365 e. The molecule has 0 aliphatic carbocycles. The van der Waals surface area contributed by atoms with E-state index >= 15 is 0 Å². The summed E-state index contributed by atoms with van der Waals surface area (Å²) in [5.74, 6) is -0.0558. The first kappa shape index (κ1) is 9.68. The van der Waals surface area contributed by atoms with Gasteiger partial charge in [-0.25, -0.2) is 0 Å². The van der Waals surface area contributed by atoms with E-state index in [0.29, 0.717) is 13.1 Å². The van der Waals surface area contributed by atoms with Crippen molar-refractivity contribution in [1.82, 2.24) is 5.32 Å². The van der Waals surface area contributed by atoms with Crippen molar-refractivity contribution in [3.8, 4) is 0 Å². The lowest BCUT2D eigenvalue weighted by Gasteiger charge is -2.21. The summed E-state index contributed by atoms with van der Waals surface area (Å²) in [6, 6.07) is 0. The number of morpholine rings is 1. The van der Waals surface area contributed by atoms with Crippen molar-refractivity contribution in [3.63, 3.8) is 0 Å². The predicted octanol–water partition coefficient (Wildman–Crippen LogP) is -1.12. The molecule has 1 amide bonds. The summed E-state index contributed by atoms with van der Waals surface area (Å²) in [5.41, 5.74) is 5.27. The Balaban J connectivity index is 0.000000810. The van der Waals surface area contributed by atoms with Crippen molar-refractivity contribution in [2.45, 2.75) is 6.10 Å². The SMILES string of the molecule is Cl.NCC1CNC(=O)CO1. The highest BCUT2D eigenvalue weighted by Crippen LogP contribution is 1.92. The Hall–Kier alpha value is -0.320. The summed E-state index contributed by atoms with van der Waals surface area (Å²) < 4.78 is 5.00. The van der Waals surface area contributed by atoms with Gasteiger partial charge in [0.05, 0.1) is 6.10 Å². The fourth-order valence-electron chi connectivity index (χ4n) is 0.683. The third-order valence-corrected chi connectivity index (χ3v) is 1.24. The quantitative estimate of drug-likeness (QED) is 0.519. The molecule has 1 rings (SSSR count). The Bertz CT molecular complexity index is 110. The molecule has 0 spiro atoms. The second-order valence-electron chi connectivity index (χ2n) is 1.97. The summed E-state index contributed by atoms with van der Waals surface area (Å²) in [6.45, 7) is 1.18. The molecular formula is C5H11ClN2O2. The van der Waals surface area contributed by atoms with Crippen molar-refractivity contribution in [3.05, 3.63) is 0 Å². The van der Waals surface area contributed by atoms with Crippen molar-refractivity contribution in [1.29, 1.82) is 0 Å². The summed E-state index contributed by atoms with van der Waals surface area (Å²) in [6.07, 6.45) is 0.0164. The molecule has 1 saturated heterocycles. The van der Waals surface area contributed by atoms with Crippen molar-refractivity contribution < 1.29 is 9.53 Å². The fraction of sp³-hybridized carbons (Fsp3) is 0.800. The van der Waals surface area contributed by atoms with Crippen LogP contribution in [0.4, 0.5) is 0 Å². The number of hydrogen-bond donors (Lipinski definition) is 2. The minimum atomic E-state index is -0.0558. The lowest BCUT2D eigenvalue weighted by molar-refractivity contribution is -0.132. The molecule has 1 aliphatic rings. The fourth-order valence-corrected chi connectivity index (χ4v) is 0.683. The van der Waals surface area contributed by atoms with Crippen molar-refractivity contribution >= 4 is 18.3 Å². The van der Waals surface area contributed by atoms with E-state index in [1.54, 1.807) is 0 Å². The highest BCUT2D eigenvalue weighted by Gasteiger charge is 2.15. The summed E-state index contributed by atoms with van der Waals surface area (Å²) in [4.78, 5) is 10.4. The van der Waals surface area contributed by atoms with Crippen LogP contribution in [0.2, 0.25) is 0 Å². The first-order valence-corrected chi connectivity index (χ1v) is 2.91. The minimum absolute atomic E-state index is 0. The molecule has 0 radical (unpaired) electrons. The predicted molar refractivity (Wildman–Crippen MR) is 39.1 cm³/mol. The molecule has 10 heavy (non-hydrogen) atoms. The van der Waals surface area contributed by atoms with Gasteiger partial charge in [-0.3, -0.25) is 4.79 Å². The van der Waals surface area contributed by atoms with Gasteiger partial charge < -0.3 is 15.8 Å². The van der Waals surface area contributed by atoms with Gasteiger partial charge in [-0.15, -0.1) is 12.4 Å². The Morgan fingerprint density at radius 3 is 2.90 bits per heavy atom. The van der Waals surface area contributed by atoms with Gasteiger partial charge in [0.2, 0.25) is 5.91 Å². The number of nitrogens with two attached hydrogens (primary N) is 1. The topological polar surface area (TPSA) is 64.3 Å². The summed E-state index contributed by atoms with van der Waals surface area (Å²) >= 11 is 0. The van der Waals surface area contributed by atoms with Crippen LogP contribution in [-0.4, -0.2) is 31.7 Å². The third-order valence-electron chi connectivity index (χ3n) is 1.24. The Morgan fingerprint density at radius 2 is 2.50 bits per heavy atom. The molecule has 1 fully saturated rings. The number of ether oxygens (including phenoxy) is 1. The van der Waals surface area contributed by atoms with Crippen LogP contribution in [0.3, 0.4) is 0 Å². The Morgan fingerprint density at radius 1 is 1.80 bits per heavy atom. The maximum Gasteiger partial charge on any atom is 0.246 e. The highest BCUT2D eigenvalue weighted by molar-refractivity contribution is 5.85. The molecular weight excluding hydrogens is 156 g/mol. The zero-order chi connectivity index (χ0) is 6.69. The second kappa shape index (κ2) is 4.49. The molecule has 4 nitrogen and oxygen atoms in total. The van der Waals surface area contributed by atoms with Crippen LogP contribution in [-0.2, 0) is 9.53 Å². The van der Waals surface area contributed by atoms with Gasteiger partial charge in [0, 0.05) is 13.1 Å². The van der Waals surface area contributed by atoms with Crippen LogP contribution in [0.25, 0.3) is 0 Å². The van der Waals surface area contributed by atoms with Gasteiger partial charge in [0.1, 0.15) is 6.61 Å². The molecule has 0 aromatic carbocycles. The van der Waals surface area contributed by atoms with E-state index < -0.39 is 0 Å². The van der Waals surface area contributed by atoms with Crippen LogP contribution in [0.5, 0.6) is 0 Å². The van der Waals surface area contributed by atoms with Gasteiger partial charge in [-0.2, -0.15) is 0 Å². The standard InChI is InChI=1S/C5H10N2O2.ClH/c6-1-4-2-7-5(8)3-9-4;/h4H,1-3,6H2,(H,7,8);1H. The van der Waals surface area contributed by atoms with Gasteiger partial charge >= 0.3 is 0 Å². The van der Waals surface area contributed by atoms with Gasteiger partial charge in [0.25, 0.3) is 0 Å². The van der Waals surface area contributed by atoms with Gasteiger partial charge in [-0.1, -0.05) is 0 Å². The van der Waals surface area contributed by atoms with E-state index in [-0.39, 0.29) is 31.0 Å². The monoisotopic (exact) mass is 166 g/mol. The first-order valence-electron chi connectivity index (χ1n) is 2.91. The molecule has 0 saturated carbocycles. The molecule has 3 N–H and O–H groups in total. The molecule has 5 heteroatoms. The maximum absolute atomic E-state index is 10.4. The van der Waals surface area contributed by atoms with Crippen LogP contribution < -0.4 is 11.1 Å². The second-order valence-corrected chi connectivity index (χ2v) is 1.97. The maximum atomic E-state index is 10.4. The largest absolute Gasteiger partial charge is 0.365 e. The van der Waals surface area contributed by atoms with Gasteiger partial charge in [-0.05, 0) is 0 Å². The van der Waals surface area contributed by atoms with Gasteiger partial charge in [0.15, 0.2) is 0 Å². The van der Waals surface area contributed by atoms with Crippen molar-refractivity contribution in [2.24, 2.45) is 5.73 Å². The average molecular weight is 167 g/mol. The lowest BCUT2D eigenvalue weighted by Crippen LogP contribution is -2.46. The molecule has 0 bridgehead atoms. The normalized spacial score (nSPS) is 24.9. The van der Waals surface area contributed by atoms with E-state index in [9.17, 15) is 4.79 Å². The molecule has 0 aromatic heterocycles. The van der Waals surface area contributed by atoms with E-state index in [1.807, 2.05) is 0 Å². The summed E-state index contributed by atoms with van der Waals surface area (Å²) in [5, 5.41) is 2.64. The number of amides is 1. The zero-order valence-electron chi connectivity index (χ0n) is 5.50. The van der Waals surface area contributed by atoms with E-state index in [4.69, 9.17) is 10.5 Å². The lowest BCUT2D eigenvalue weighted by atomic mass is 10.3. The summed E-state index contributed by atoms with van der Waals surface area (Å²) in [7, 11) is 0. The number of halogens is 1. The molecule has 1 heterocycles. The van der Waals surface area contributed by atoms with E-state index in [1.165, 1.54) is 0 Å². The first-order chi connectivity index (χ1) is 4.33. The van der Waals surface area contributed by atoms with Crippen LogP contribution in [0.15, 0.2) is 0 Å². The zero-order valence-corrected chi connectivity index (χ0v) is 6.32. The molecule has 1 aliphatic heterocycles. The van der Waals surface area contributed by atoms with Crippen LogP contribution >= 0.6 is 12.4 Å². The van der Waals surface area contributed by atoms with E-state index in [2.05, 4.69) is 5.32 Å². The number of carbonyl (C=O) groups is 1. The van der Waals surface area contributed by atoms with Crippen molar-refractivity contribution in [2.75, 3.05) is 19.7 Å².